The van der Waals surface area contributed by atoms with Crippen LogP contribution in [0.25, 0.3) is 21.8 Å². The molecular weight excluding hydrogens is 456 g/mol. The van der Waals surface area contributed by atoms with Gasteiger partial charge in [0, 0.05) is 40.3 Å². The maximum Gasteiger partial charge on any atom is 0.158 e. The lowest BCUT2D eigenvalue weighted by Crippen LogP contribution is -2.22. The summed E-state index contributed by atoms with van der Waals surface area (Å²) in [6.07, 6.45) is 5.06. The Bertz CT molecular complexity index is 1200. The minimum Gasteiger partial charge on any atom is -0.497 e. The average Bonchev–Trinajstić information content (AvgIpc) is 3.16. The molecule has 160 valence electrons. The molecule has 0 saturated carbocycles. The summed E-state index contributed by atoms with van der Waals surface area (Å²) in [5.41, 5.74) is 4.48. The van der Waals surface area contributed by atoms with Crippen LogP contribution >= 0.6 is 15.9 Å². The highest BCUT2D eigenvalue weighted by atomic mass is 79.9. The number of rotatable bonds is 6. The first-order valence-corrected chi connectivity index (χ1v) is 11.4. The Kier molecular flexibility index (Phi) is 5.94. The van der Waals surface area contributed by atoms with E-state index in [1.54, 1.807) is 7.11 Å². The number of fused-ring (bicyclic) bond motifs is 3. The van der Waals surface area contributed by atoms with Crippen molar-refractivity contribution in [3.8, 4) is 5.75 Å². The van der Waals surface area contributed by atoms with E-state index in [0.717, 1.165) is 64.6 Å². The number of aromatic nitrogens is 2. The van der Waals surface area contributed by atoms with Crippen LogP contribution in [0.5, 0.6) is 5.75 Å². The Labute approximate surface area is 190 Å². The van der Waals surface area contributed by atoms with Crippen LogP contribution in [-0.4, -0.2) is 29.6 Å². The summed E-state index contributed by atoms with van der Waals surface area (Å²) >= 11 is 3.56. The van der Waals surface area contributed by atoms with Crippen LogP contribution in [0, 0.1) is 0 Å². The zero-order chi connectivity index (χ0) is 21.2. The monoisotopic (exact) mass is 480 g/mol. The average molecular weight is 481 g/mol. The molecule has 0 radical (unpaired) electrons. The van der Waals surface area contributed by atoms with Crippen molar-refractivity contribution in [3.63, 3.8) is 0 Å². The number of nitrogens with zero attached hydrogens (tertiary/aromatic N) is 2. The van der Waals surface area contributed by atoms with Crippen molar-refractivity contribution in [3.05, 3.63) is 70.5 Å². The lowest BCUT2D eigenvalue weighted by atomic mass is 10.1. The molecule has 1 fully saturated rings. The highest BCUT2D eigenvalue weighted by molar-refractivity contribution is 9.10. The molecule has 1 aliphatic heterocycles. The van der Waals surface area contributed by atoms with Gasteiger partial charge >= 0.3 is 0 Å². The SMILES string of the molecule is COc1ccc(Cn2c(COC3CCCCO3)cc3cnc4cc(Br)ccc4c32)cc1. The third-order valence-corrected chi connectivity index (χ3v) is 6.32. The summed E-state index contributed by atoms with van der Waals surface area (Å²) in [4.78, 5) is 4.68. The third kappa shape index (κ3) is 4.33. The molecule has 5 nitrogen and oxygen atoms in total. The fourth-order valence-corrected chi connectivity index (χ4v) is 4.56. The summed E-state index contributed by atoms with van der Waals surface area (Å²) in [6, 6.07) is 16.7. The van der Waals surface area contributed by atoms with Gasteiger partial charge in [0.1, 0.15) is 5.75 Å². The van der Waals surface area contributed by atoms with Crippen molar-refractivity contribution >= 4 is 37.7 Å². The minimum absolute atomic E-state index is 0.118. The number of hydrogen-bond acceptors (Lipinski definition) is 4. The van der Waals surface area contributed by atoms with Crippen LogP contribution in [0.3, 0.4) is 0 Å². The topological polar surface area (TPSA) is 45.5 Å². The van der Waals surface area contributed by atoms with Crippen LogP contribution in [-0.2, 0) is 22.6 Å². The highest BCUT2D eigenvalue weighted by Crippen LogP contribution is 2.30. The van der Waals surface area contributed by atoms with Crippen LogP contribution in [0.2, 0.25) is 0 Å². The van der Waals surface area contributed by atoms with Gasteiger partial charge in [0.25, 0.3) is 0 Å². The second kappa shape index (κ2) is 8.99. The van der Waals surface area contributed by atoms with E-state index in [-0.39, 0.29) is 6.29 Å². The molecule has 3 heterocycles. The van der Waals surface area contributed by atoms with Crippen molar-refractivity contribution < 1.29 is 14.2 Å². The first-order valence-electron chi connectivity index (χ1n) is 10.6. The molecule has 1 aliphatic rings. The predicted molar refractivity (Wildman–Crippen MR) is 125 cm³/mol. The molecule has 1 unspecified atom stereocenters. The maximum atomic E-state index is 6.15. The number of benzene rings is 2. The molecule has 5 rings (SSSR count). The number of pyridine rings is 1. The van der Waals surface area contributed by atoms with Gasteiger partial charge in [0.15, 0.2) is 6.29 Å². The van der Waals surface area contributed by atoms with E-state index in [1.807, 2.05) is 18.3 Å². The molecule has 0 bridgehead atoms. The van der Waals surface area contributed by atoms with Crippen molar-refractivity contribution in [1.82, 2.24) is 9.55 Å². The largest absolute Gasteiger partial charge is 0.497 e. The van der Waals surface area contributed by atoms with Gasteiger partial charge in [-0.25, -0.2) is 0 Å². The van der Waals surface area contributed by atoms with Crippen molar-refractivity contribution in [2.45, 2.75) is 38.7 Å². The van der Waals surface area contributed by atoms with Gasteiger partial charge in [-0.2, -0.15) is 0 Å². The second-order valence-electron chi connectivity index (χ2n) is 7.90. The Hall–Kier alpha value is -2.41. The number of ether oxygens (including phenoxy) is 3. The molecule has 0 spiro atoms. The molecule has 0 N–H and O–H groups in total. The van der Waals surface area contributed by atoms with Crippen LogP contribution in [0.15, 0.2) is 59.2 Å². The third-order valence-electron chi connectivity index (χ3n) is 5.82. The predicted octanol–water partition coefficient (Wildman–Crippen LogP) is 6.05. The Morgan fingerprint density at radius 3 is 2.77 bits per heavy atom. The molecular formula is C25H25BrN2O3. The summed E-state index contributed by atoms with van der Waals surface area (Å²) in [6.45, 7) is 2.03. The van der Waals surface area contributed by atoms with E-state index in [4.69, 9.17) is 14.2 Å². The smallest absolute Gasteiger partial charge is 0.158 e. The first-order chi connectivity index (χ1) is 15.2. The zero-order valence-electron chi connectivity index (χ0n) is 17.5. The number of halogens is 1. The van der Waals surface area contributed by atoms with Gasteiger partial charge in [0.2, 0.25) is 0 Å². The number of hydrogen-bond donors (Lipinski definition) is 0. The van der Waals surface area contributed by atoms with Gasteiger partial charge in [-0.1, -0.05) is 28.1 Å². The molecule has 2 aromatic heterocycles. The van der Waals surface area contributed by atoms with Crippen LogP contribution in [0.4, 0.5) is 0 Å². The second-order valence-corrected chi connectivity index (χ2v) is 8.82. The van der Waals surface area contributed by atoms with Gasteiger partial charge < -0.3 is 18.8 Å². The normalized spacial score (nSPS) is 16.8. The molecule has 0 amide bonds. The molecule has 0 aliphatic carbocycles. The number of methoxy groups -OCH3 is 1. The lowest BCUT2D eigenvalue weighted by molar-refractivity contribution is -0.169. The highest BCUT2D eigenvalue weighted by Gasteiger charge is 2.18. The Morgan fingerprint density at radius 2 is 2.00 bits per heavy atom. The van der Waals surface area contributed by atoms with Gasteiger partial charge in [0.05, 0.1) is 24.8 Å². The van der Waals surface area contributed by atoms with E-state index in [1.165, 1.54) is 11.1 Å². The van der Waals surface area contributed by atoms with Crippen LogP contribution in [0.1, 0.15) is 30.5 Å². The Balaban J connectivity index is 1.56. The molecule has 4 aromatic rings. The molecule has 2 aromatic carbocycles. The van der Waals surface area contributed by atoms with E-state index < -0.39 is 0 Å². The van der Waals surface area contributed by atoms with Crippen molar-refractivity contribution in [2.75, 3.05) is 13.7 Å². The molecule has 1 atom stereocenters. The van der Waals surface area contributed by atoms with Crippen molar-refractivity contribution in [2.24, 2.45) is 0 Å². The van der Waals surface area contributed by atoms with E-state index in [2.05, 4.69) is 61.9 Å². The first kappa shape index (κ1) is 20.5. The minimum atomic E-state index is -0.118. The van der Waals surface area contributed by atoms with E-state index in [0.29, 0.717) is 6.61 Å². The maximum absolute atomic E-state index is 6.15. The summed E-state index contributed by atoms with van der Waals surface area (Å²) in [5.74, 6) is 0.860. The molecule has 1 saturated heterocycles. The fraction of sp³-hybridized carbons (Fsp3) is 0.320. The standard InChI is InChI=1S/C25H25BrN2O3/c1-29-21-8-5-17(6-9-21)15-28-20(16-31-24-4-2-3-11-30-24)12-18-14-27-23-13-19(26)7-10-22(23)25(18)28/h5-10,12-14,24H,2-4,11,15-16H2,1H3. The van der Waals surface area contributed by atoms with Gasteiger partial charge in [-0.05, 0) is 61.2 Å². The fourth-order valence-electron chi connectivity index (χ4n) is 4.21. The Morgan fingerprint density at radius 1 is 1.13 bits per heavy atom. The summed E-state index contributed by atoms with van der Waals surface area (Å²) in [7, 11) is 1.69. The summed E-state index contributed by atoms with van der Waals surface area (Å²) in [5, 5.41) is 2.25. The van der Waals surface area contributed by atoms with Gasteiger partial charge in [-0.15, -0.1) is 0 Å². The van der Waals surface area contributed by atoms with E-state index in [9.17, 15) is 0 Å². The molecule has 31 heavy (non-hydrogen) atoms. The zero-order valence-corrected chi connectivity index (χ0v) is 19.1. The quantitative estimate of drug-likeness (QED) is 0.336. The van der Waals surface area contributed by atoms with Crippen LogP contribution < -0.4 is 4.74 Å². The van der Waals surface area contributed by atoms with Crippen molar-refractivity contribution in [1.29, 1.82) is 0 Å². The van der Waals surface area contributed by atoms with Gasteiger partial charge in [-0.3, -0.25) is 4.98 Å². The summed E-state index contributed by atoms with van der Waals surface area (Å²) < 4.78 is 20.6. The lowest BCUT2D eigenvalue weighted by Gasteiger charge is -2.23. The van der Waals surface area contributed by atoms with E-state index >= 15 is 0 Å². The molecule has 6 heteroatoms.